The Morgan fingerprint density at radius 3 is 2.60 bits per heavy atom. The number of pyridine rings is 1. The number of benzene rings is 1. The minimum atomic E-state index is -3.67. The summed E-state index contributed by atoms with van der Waals surface area (Å²) in [5.74, 6) is -0.0298. The van der Waals surface area contributed by atoms with E-state index in [1.54, 1.807) is 19.3 Å². The van der Waals surface area contributed by atoms with Crippen LogP contribution in [0.15, 0.2) is 54.9 Å². The Bertz CT molecular complexity index is 1130. The number of anilines is 1. The number of nitrogens with zero attached hydrogens (tertiary/aromatic N) is 4. The van der Waals surface area contributed by atoms with Gasteiger partial charge in [-0.05, 0) is 30.5 Å². The third-order valence-corrected chi connectivity index (χ3v) is 8.19. The van der Waals surface area contributed by atoms with E-state index in [1.165, 1.54) is 8.61 Å². The molecule has 0 saturated carbocycles. The molecular weight excluding hydrogens is 420 g/mol. The van der Waals surface area contributed by atoms with Crippen molar-refractivity contribution in [3.8, 4) is 0 Å². The zero-order valence-electron chi connectivity index (χ0n) is 16.6. The Morgan fingerprint density at radius 1 is 1.10 bits per heavy atom. The van der Waals surface area contributed by atoms with Gasteiger partial charge in [0.1, 0.15) is 0 Å². The number of thiazole rings is 1. The molecule has 3 heterocycles. The summed E-state index contributed by atoms with van der Waals surface area (Å²) in [6.07, 6.45) is 4.37. The van der Waals surface area contributed by atoms with Crippen molar-refractivity contribution in [2.24, 2.45) is 0 Å². The predicted octanol–water partition coefficient (Wildman–Crippen LogP) is 3.23. The summed E-state index contributed by atoms with van der Waals surface area (Å²) in [7, 11) is -3.67. The Kier molecular flexibility index (Phi) is 5.94. The molecule has 9 heteroatoms. The van der Waals surface area contributed by atoms with Crippen LogP contribution in [-0.4, -0.2) is 41.6 Å². The van der Waals surface area contributed by atoms with Crippen molar-refractivity contribution in [2.75, 3.05) is 17.4 Å². The fraction of sp³-hybridized carbons (Fsp3) is 0.286. The van der Waals surface area contributed by atoms with Crippen LogP contribution in [0, 0.1) is 6.92 Å². The van der Waals surface area contributed by atoms with Crippen LogP contribution >= 0.6 is 11.3 Å². The van der Waals surface area contributed by atoms with Crippen molar-refractivity contribution < 1.29 is 13.2 Å². The van der Waals surface area contributed by atoms with Crippen LogP contribution in [0.2, 0.25) is 0 Å². The van der Waals surface area contributed by atoms with Gasteiger partial charge in [-0.2, -0.15) is 12.7 Å². The summed E-state index contributed by atoms with van der Waals surface area (Å²) in [6, 6.07) is 13.3. The molecule has 1 fully saturated rings. The third-order valence-electron chi connectivity index (χ3n) is 4.97. The number of hydrogen-bond acceptors (Lipinski definition) is 6. The predicted molar refractivity (Wildman–Crippen MR) is 117 cm³/mol. The van der Waals surface area contributed by atoms with Crippen LogP contribution in [0.3, 0.4) is 0 Å². The number of rotatable bonds is 7. The van der Waals surface area contributed by atoms with Gasteiger partial charge in [-0.25, -0.2) is 9.29 Å². The first-order chi connectivity index (χ1) is 14.4. The lowest BCUT2D eigenvalue weighted by Crippen LogP contribution is -2.32. The topological polar surface area (TPSA) is 83.5 Å². The highest BCUT2D eigenvalue weighted by molar-refractivity contribution is 7.91. The number of aryl methyl sites for hydroxylation is 2. The highest BCUT2D eigenvalue weighted by Crippen LogP contribution is 2.33. The van der Waals surface area contributed by atoms with E-state index in [0.29, 0.717) is 48.2 Å². The van der Waals surface area contributed by atoms with E-state index < -0.39 is 10.2 Å². The van der Waals surface area contributed by atoms with Crippen molar-refractivity contribution in [1.82, 2.24) is 14.3 Å². The average Bonchev–Trinajstić information content (AvgIpc) is 3.27. The van der Waals surface area contributed by atoms with Gasteiger partial charge in [0.2, 0.25) is 5.13 Å². The van der Waals surface area contributed by atoms with E-state index in [4.69, 9.17) is 0 Å². The standard InChI is InChI=1S/C21H22N4O3S2/c1-16-20(19(26)10-9-17-8-5-11-22-14-17)29-21(23-16)25-13-12-24(30(25,27)28)15-18-6-3-2-4-7-18/h2-8,11,14H,9-10,12-13,15H2,1H3. The summed E-state index contributed by atoms with van der Waals surface area (Å²) in [4.78, 5) is 21.7. The maximum atomic E-state index is 13.0. The van der Waals surface area contributed by atoms with Crippen molar-refractivity contribution >= 4 is 32.5 Å². The van der Waals surface area contributed by atoms with Crippen LogP contribution in [0.5, 0.6) is 0 Å². The van der Waals surface area contributed by atoms with Gasteiger partial charge >= 0.3 is 10.2 Å². The van der Waals surface area contributed by atoms with E-state index in [0.717, 1.165) is 22.5 Å². The molecule has 0 bridgehead atoms. The highest BCUT2D eigenvalue weighted by atomic mass is 32.2. The van der Waals surface area contributed by atoms with Crippen LogP contribution in [0.1, 0.15) is 32.9 Å². The first-order valence-electron chi connectivity index (χ1n) is 9.66. The van der Waals surface area contributed by atoms with E-state index in [-0.39, 0.29) is 5.78 Å². The van der Waals surface area contributed by atoms with Crippen molar-refractivity contribution in [1.29, 1.82) is 0 Å². The number of carbonyl (C=O) groups excluding carboxylic acids is 1. The molecule has 156 valence electrons. The van der Waals surface area contributed by atoms with Gasteiger partial charge in [-0.3, -0.25) is 9.78 Å². The molecule has 0 unspecified atom stereocenters. The van der Waals surface area contributed by atoms with E-state index in [9.17, 15) is 13.2 Å². The molecule has 0 atom stereocenters. The normalized spacial score (nSPS) is 16.1. The van der Waals surface area contributed by atoms with Gasteiger partial charge in [-0.1, -0.05) is 47.7 Å². The first kappa shape index (κ1) is 20.6. The van der Waals surface area contributed by atoms with Gasteiger partial charge < -0.3 is 0 Å². The van der Waals surface area contributed by atoms with E-state index >= 15 is 0 Å². The minimum Gasteiger partial charge on any atom is -0.293 e. The lowest BCUT2D eigenvalue weighted by atomic mass is 10.1. The second-order valence-electron chi connectivity index (χ2n) is 7.09. The number of hydrogen-bond donors (Lipinski definition) is 0. The van der Waals surface area contributed by atoms with Crippen LogP contribution in [0.4, 0.5) is 5.13 Å². The zero-order valence-corrected chi connectivity index (χ0v) is 18.2. The Labute approximate surface area is 180 Å². The van der Waals surface area contributed by atoms with Gasteiger partial charge in [0.15, 0.2) is 5.78 Å². The second-order valence-corrected chi connectivity index (χ2v) is 9.92. The Morgan fingerprint density at radius 2 is 1.87 bits per heavy atom. The molecule has 4 rings (SSSR count). The van der Waals surface area contributed by atoms with Gasteiger partial charge in [0, 0.05) is 31.9 Å². The molecule has 1 aromatic carbocycles. The molecule has 7 nitrogen and oxygen atoms in total. The number of carbonyl (C=O) groups is 1. The summed E-state index contributed by atoms with van der Waals surface area (Å²) in [5, 5.41) is 0.354. The number of ketones is 1. The minimum absolute atomic E-state index is 0.0298. The molecular formula is C21H22N4O3S2. The monoisotopic (exact) mass is 442 g/mol. The number of Topliss-reactive ketones (excluding diaryl/α,β-unsaturated/α-hetero) is 1. The summed E-state index contributed by atoms with van der Waals surface area (Å²) in [5.41, 5.74) is 2.50. The lowest BCUT2D eigenvalue weighted by Gasteiger charge is -2.17. The molecule has 3 aromatic rings. The smallest absolute Gasteiger partial charge is 0.293 e. The molecule has 0 amide bonds. The summed E-state index contributed by atoms with van der Waals surface area (Å²) < 4.78 is 28.8. The molecule has 2 aromatic heterocycles. The molecule has 1 aliphatic rings. The van der Waals surface area contributed by atoms with Gasteiger partial charge in [-0.15, -0.1) is 0 Å². The largest absolute Gasteiger partial charge is 0.306 e. The highest BCUT2D eigenvalue weighted by Gasteiger charge is 2.38. The molecule has 0 radical (unpaired) electrons. The summed E-state index contributed by atoms with van der Waals surface area (Å²) >= 11 is 1.15. The van der Waals surface area contributed by atoms with Crippen LogP contribution in [0.25, 0.3) is 0 Å². The van der Waals surface area contributed by atoms with Crippen LogP contribution in [-0.2, 0) is 23.2 Å². The lowest BCUT2D eigenvalue weighted by molar-refractivity contribution is 0.0986. The molecule has 30 heavy (non-hydrogen) atoms. The molecule has 1 aliphatic heterocycles. The molecule has 1 saturated heterocycles. The molecule has 0 N–H and O–H groups in total. The second kappa shape index (κ2) is 8.63. The zero-order chi connectivity index (χ0) is 21.1. The average molecular weight is 443 g/mol. The van der Waals surface area contributed by atoms with E-state index in [1.807, 2.05) is 42.5 Å². The number of aromatic nitrogens is 2. The summed E-state index contributed by atoms with van der Waals surface area (Å²) in [6.45, 7) is 2.79. The fourth-order valence-corrected chi connectivity index (χ4v) is 6.20. The third kappa shape index (κ3) is 4.28. The van der Waals surface area contributed by atoms with Crippen molar-refractivity contribution in [3.05, 3.63) is 76.6 Å². The molecule has 0 spiro atoms. The maximum Gasteiger partial charge on any atom is 0.306 e. The van der Waals surface area contributed by atoms with Crippen molar-refractivity contribution in [3.63, 3.8) is 0 Å². The fourth-order valence-electron chi connectivity index (χ4n) is 3.38. The SMILES string of the molecule is Cc1nc(N2CCN(Cc3ccccc3)S2(=O)=O)sc1C(=O)CCc1cccnc1. The van der Waals surface area contributed by atoms with E-state index in [2.05, 4.69) is 9.97 Å². The van der Waals surface area contributed by atoms with Crippen LogP contribution < -0.4 is 4.31 Å². The van der Waals surface area contributed by atoms with Crippen molar-refractivity contribution in [2.45, 2.75) is 26.3 Å². The van der Waals surface area contributed by atoms with Gasteiger partial charge in [0.25, 0.3) is 0 Å². The maximum absolute atomic E-state index is 13.0. The quantitative estimate of drug-likeness (QED) is 0.525. The van der Waals surface area contributed by atoms with Gasteiger partial charge in [0.05, 0.1) is 17.1 Å². The molecule has 0 aliphatic carbocycles. The Hall–Kier alpha value is -2.62. The Balaban J connectivity index is 1.48. The first-order valence-corrected chi connectivity index (χ1v) is 11.9.